The second-order valence-electron chi connectivity index (χ2n) is 8.82. The van der Waals surface area contributed by atoms with Crippen LogP contribution in [0.1, 0.15) is 116 Å². The first-order chi connectivity index (χ1) is 13.2. The molecule has 1 aromatic carbocycles. The van der Waals surface area contributed by atoms with E-state index in [1.165, 1.54) is 95.5 Å². The van der Waals surface area contributed by atoms with Crippen LogP contribution in [0.2, 0.25) is 0 Å². The zero-order valence-corrected chi connectivity index (χ0v) is 18.4. The Bertz CT molecular complexity index is 413. The quantitative estimate of drug-likeness (QED) is 0.259. The molecule has 0 radical (unpaired) electrons. The molecule has 0 aliphatic heterocycles. The third-order valence-corrected chi connectivity index (χ3v) is 5.81. The Balaban J connectivity index is 1.86. The Labute approximate surface area is 170 Å². The Hall–Kier alpha value is -0.820. The van der Waals surface area contributed by atoms with Crippen molar-refractivity contribution in [2.45, 2.75) is 123 Å². The van der Waals surface area contributed by atoms with Crippen LogP contribution in [0.25, 0.3) is 0 Å². The number of unbranched alkanes of at least 4 members (excludes halogenated alkanes) is 12. The molecule has 2 unspecified atom stereocenters. The van der Waals surface area contributed by atoms with Gasteiger partial charge in [0.05, 0.1) is 0 Å². The van der Waals surface area contributed by atoms with Crippen molar-refractivity contribution in [1.82, 2.24) is 0 Å². The Morgan fingerprint density at radius 1 is 0.704 bits per heavy atom. The van der Waals surface area contributed by atoms with Crippen molar-refractivity contribution >= 4 is 0 Å². The van der Waals surface area contributed by atoms with Crippen LogP contribution < -0.4 is 5.73 Å². The van der Waals surface area contributed by atoms with Gasteiger partial charge in [0.2, 0.25) is 0 Å². The molecule has 0 fully saturated rings. The third-order valence-electron chi connectivity index (χ3n) is 5.81. The van der Waals surface area contributed by atoms with E-state index >= 15 is 0 Å². The molecule has 0 aliphatic rings. The van der Waals surface area contributed by atoms with Crippen molar-refractivity contribution in [2.24, 2.45) is 11.7 Å². The molecule has 0 bridgehead atoms. The smallest absolute Gasteiger partial charge is 0.00414 e. The molecule has 1 aromatic rings. The molecule has 27 heavy (non-hydrogen) atoms. The van der Waals surface area contributed by atoms with E-state index in [1.807, 2.05) is 0 Å². The summed E-state index contributed by atoms with van der Waals surface area (Å²) in [5.74, 6) is 0.685. The number of hydrogen-bond donors (Lipinski definition) is 1. The van der Waals surface area contributed by atoms with Gasteiger partial charge in [0.1, 0.15) is 0 Å². The maximum atomic E-state index is 6.37. The molecule has 1 heteroatoms. The summed E-state index contributed by atoms with van der Waals surface area (Å²) >= 11 is 0. The zero-order valence-electron chi connectivity index (χ0n) is 18.4. The summed E-state index contributed by atoms with van der Waals surface area (Å²) in [7, 11) is 0. The molecule has 1 rings (SSSR count). The summed E-state index contributed by atoms with van der Waals surface area (Å²) in [5.41, 5.74) is 7.81. The molecular weight excluding hydrogens is 326 g/mol. The minimum atomic E-state index is 0.386. The van der Waals surface area contributed by atoms with Crippen LogP contribution in [0.15, 0.2) is 30.3 Å². The van der Waals surface area contributed by atoms with Crippen molar-refractivity contribution in [3.63, 3.8) is 0 Å². The predicted molar refractivity (Wildman–Crippen MR) is 122 cm³/mol. The van der Waals surface area contributed by atoms with Gasteiger partial charge in [0.15, 0.2) is 0 Å². The minimum Gasteiger partial charge on any atom is -0.328 e. The van der Waals surface area contributed by atoms with Gasteiger partial charge in [-0.1, -0.05) is 128 Å². The van der Waals surface area contributed by atoms with E-state index < -0.39 is 0 Å². The number of rotatable bonds is 18. The summed E-state index contributed by atoms with van der Waals surface area (Å²) in [6, 6.07) is 11.2. The highest BCUT2D eigenvalue weighted by atomic mass is 14.6. The molecule has 1 nitrogen and oxygen atoms in total. The number of hydrogen-bond acceptors (Lipinski definition) is 1. The van der Waals surface area contributed by atoms with Gasteiger partial charge in [0.25, 0.3) is 0 Å². The lowest BCUT2D eigenvalue weighted by atomic mass is 9.92. The van der Waals surface area contributed by atoms with E-state index in [-0.39, 0.29) is 0 Å². The Morgan fingerprint density at radius 3 is 1.70 bits per heavy atom. The fourth-order valence-corrected chi connectivity index (χ4v) is 4.16. The summed E-state index contributed by atoms with van der Waals surface area (Å²) < 4.78 is 0. The van der Waals surface area contributed by atoms with E-state index in [0.717, 1.165) is 12.8 Å². The molecular formula is C26H47N. The van der Waals surface area contributed by atoms with Gasteiger partial charge >= 0.3 is 0 Å². The molecule has 0 saturated heterocycles. The van der Waals surface area contributed by atoms with Crippen LogP contribution >= 0.6 is 0 Å². The zero-order chi connectivity index (χ0) is 19.6. The van der Waals surface area contributed by atoms with Gasteiger partial charge in [-0.2, -0.15) is 0 Å². The molecule has 0 aromatic heterocycles. The highest BCUT2D eigenvalue weighted by Crippen LogP contribution is 2.17. The Kier molecular flexibility index (Phi) is 15.5. The molecule has 2 N–H and O–H groups in total. The van der Waals surface area contributed by atoms with Crippen LogP contribution in [-0.2, 0) is 6.42 Å². The first kappa shape index (κ1) is 24.2. The van der Waals surface area contributed by atoms with E-state index in [2.05, 4.69) is 44.2 Å². The van der Waals surface area contributed by atoms with Gasteiger partial charge in [-0.25, -0.2) is 0 Å². The van der Waals surface area contributed by atoms with Crippen molar-refractivity contribution in [1.29, 1.82) is 0 Å². The third kappa shape index (κ3) is 14.9. The Morgan fingerprint density at radius 2 is 1.19 bits per heavy atom. The first-order valence-corrected chi connectivity index (χ1v) is 12.0. The molecule has 0 aliphatic carbocycles. The lowest BCUT2D eigenvalue weighted by Gasteiger charge is -2.17. The van der Waals surface area contributed by atoms with Gasteiger partial charge in [-0.05, 0) is 30.7 Å². The molecule has 0 heterocycles. The minimum absolute atomic E-state index is 0.386. The van der Waals surface area contributed by atoms with Gasteiger partial charge in [0, 0.05) is 6.04 Å². The molecule has 0 saturated carbocycles. The van der Waals surface area contributed by atoms with Gasteiger partial charge < -0.3 is 5.73 Å². The fraction of sp³-hybridized carbons (Fsp3) is 0.769. The van der Waals surface area contributed by atoms with Crippen LogP contribution in [-0.4, -0.2) is 6.04 Å². The summed E-state index contributed by atoms with van der Waals surface area (Å²) in [4.78, 5) is 0. The topological polar surface area (TPSA) is 26.0 Å². The predicted octanol–water partition coefficient (Wildman–Crippen LogP) is 8.06. The highest BCUT2D eigenvalue weighted by Gasteiger charge is 2.09. The lowest BCUT2D eigenvalue weighted by Crippen LogP contribution is -2.23. The fourth-order valence-electron chi connectivity index (χ4n) is 4.16. The second kappa shape index (κ2) is 17.3. The summed E-state index contributed by atoms with van der Waals surface area (Å²) in [5, 5.41) is 0. The molecule has 156 valence electrons. The van der Waals surface area contributed by atoms with Crippen molar-refractivity contribution in [2.75, 3.05) is 0 Å². The maximum Gasteiger partial charge on any atom is 0.00414 e. The van der Waals surface area contributed by atoms with Crippen molar-refractivity contribution in [3.05, 3.63) is 35.9 Å². The SMILES string of the molecule is CCCCCCCCCCCCCCCC(N)CC(C)Cc1ccccc1. The van der Waals surface area contributed by atoms with E-state index in [9.17, 15) is 0 Å². The lowest BCUT2D eigenvalue weighted by molar-refractivity contribution is 0.428. The summed E-state index contributed by atoms with van der Waals surface area (Å²) in [6.07, 6.45) is 22.0. The van der Waals surface area contributed by atoms with E-state index in [4.69, 9.17) is 5.73 Å². The number of benzene rings is 1. The normalized spacial score (nSPS) is 13.6. The summed E-state index contributed by atoms with van der Waals surface area (Å²) in [6.45, 7) is 4.64. The maximum absolute atomic E-state index is 6.37. The van der Waals surface area contributed by atoms with Crippen molar-refractivity contribution in [3.8, 4) is 0 Å². The van der Waals surface area contributed by atoms with Crippen molar-refractivity contribution < 1.29 is 0 Å². The molecule has 0 spiro atoms. The van der Waals surface area contributed by atoms with Gasteiger partial charge in [-0.3, -0.25) is 0 Å². The van der Waals surface area contributed by atoms with Gasteiger partial charge in [-0.15, -0.1) is 0 Å². The first-order valence-electron chi connectivity index (χ1n) is 12.0. The van der Waals surface area contributed by atoms with Crippen LogP contribution in [0.4, 0.5) is 0 Å². The largest absolute Gasteiger partial charge is 0.328 e. The highest BCUT2D eigenvalue weighted by molar-refractivity contribution is 5.15. The van der Waals surface area contributed by atoms with Crippen LogP contribution in [0.3, 0.4) is 0 Å². The molecule has 0 amide bonds. The average molecular weight is 374 g/mol. The number of nitrogens with two attached hydrogens (primary N) is 1. The van der Waals surface area contributed by atoms with Crippen LogP contribution in [0, 0.1) is 5.92 Å². The monoisotopic (exact) mass is 373 g/mol. The van der Waals surface area contributed by atoms with Crippen LogP contribution in [0.5, 0.6) is 0 Å². The van der Waals surface area contributed by atoms with E-state index in [0.29, 0.717) is 12.0 Å². The average Bonchev–Trinajstić information content (AvgIpc) is 2.66. The molecule has 2 atom stereocenters. The van der Waals surface area contributed by atoms with E-state index in [1.54, 1.807) is 0 Å². The standard InChI is InChI=1S/C26H47N/c1-3-4-5-6-7-8-9-10-11-12-13-14-18-21-26(27)23-24(2)22-25-19-16-15-17-20-25/h15-17,19-20,24,26H,3-14,18,21-23,27H2,1-2H3. The second-order valence-corrected chi connectivity index (χ2v) is 8.82.